The van der Waals surface area contributed by atoms with E-state index in [0.29, 0.717) is 11.4 Å². The van der Waals surface area contributed by atoms with E-state index >= 15 is 0 Å². The van der Waals surface area contributed by atoms with E-state index < -0.39 is 0 Å². The van der Waals surface area contributed by atoms with Crippen molar-refractivity contribution in [1.82, 2.24) is 0 Å². The first-order valence-electron chi connectivity index (χ1n) is 13.4. The van der Waals surface area contributed by atoms with E-state index in [1.165, 1.54) is 11.1 Å². The van der Waals surface area contributed by atoms with Crippen molar-refractivity contribution < 1.29 is 4.74 Å². The fourth-order valence-electron chi connectivity index (χ4n) is 5.36. The van der Waals surface area contributed by atoms with Crippen LogP contribution in [0.2, 0.25) is 0 Å². The Bertz CT molecular complexity index is 1780. The van der Waals surface area contributed by atoms with Gasteiger partial charge in [-0.05, 0) is 69.8 Å². The molecular weight excluding hydrogens is 488 g/mol. The molecule has 5 aromatic rings. The fraction of sp³-hybridized carbons (Fsp3) is 0.0811. The number of allylic oxidation sites excluding steroid dienone is 2. The average Bonchev–Trinajstić information content (AvgIpc) is 3.00. The van der Waals surface area contributed by atoms with Crippen molar-refractivity contribution in [1.29, 1.82) is 10.8 Å². The Labute approximate surface area is 235 Å². The van der Waals surface area contributed by atoms with Crippen LogP contribution in [-0.4, -0.2) is 11.4 Å². The highest BCUT2D eigenvalue weighted by Gasteiger charge is 2.33. The van der Waals surface area contributed by atoms with Crippen LogP contribution in [-0.2, 0) is 5.41 Å². The van der Waals surface area contributed by atoms with Gasteiger partial charge in [0.15, 0.2) is 0 Å². The first kappa shape index (κ1) is 25.3. The van der Waals surface area contributed by atoms with Gasteiger partial charge in [-0.3, -0.25) is 0 Å². The van der Waals surface area contributed by atoms with Crippen LogP contribution in [0.1, 0.15) is 36.1 Å². The maximum atomic E-state index is 8.60. The number of rotatable bonds is 6. The smallest absolute Gasteiger partial charge is 0.132 e. The molecule has 1 heterocycles. The summed E-state index contributed by atoms with van der Waals surface area (Å²) in [5, 5.41) is 16.9. The molecule has 194 valence electrons. The van der Waals surface area contributed by atoms with Crippen LogP contribution in [0.3, 0.4) is 0 Å². The fourth-order valence-corrected chi connectivity index (χ4v) is 5.36. The Balaban J connectivity index is 1.27. The van der Waals surface area contributed by atoms with Crippen molar-refractivity contribution >= 4 is 11.4 Å². The van der Waals surface area contributed by atoms with E-state index in [9.17, 15) is 0 Å². The van der Waals surface area contributed by atoms with E-state index in [1.807, 2.05) is 60.7 Å². The topological polar surface area (TPSA) is 56.9 Å². The predicted molar refractivity (Wildman–Crippen MR) is 165 cm³/mol. The van der Waals surface area contributed by atoms with Crippen molar-refractivity contribution in [3.8, 4) is 33.8 Å². The molecule has 1 aliphatic rings. The van der Waals surface area contributed by atoms with Crippen molar-refractivity contribution in [3.05, 3.63) is 156 Å². The van der Waals surface area contributed by atoms with Gasteiger partial charge in [0.2, 0.25) is 0 Å². The lowest BCUT2D eigenvalue weighted by molar-refractivity contribution is 0.418. The molecule has 2 N–H and O–H groups in total. The van der Waals surface area contributed by atoms with Gasteiger partial charge in [-0.25, -0.2) is 0 Å². The number of benzene rings is 5. The molecule has 40 heavy (non-hydrogen) atoms. The molecule has 0 amide bonds. The number of hydrogen-bond acceptors (Lipinski definition) is 3. The van der Waals surface area contributed by atoms with Gasteiger partial charge < -0.3 is 15.6 Å². The molecule has 0 aliphatic carbocycles. The third-order valence-electron chi connectivity index (χ3n) is 7.64. The summed E-state index contributed by atoms with van der Waals surface area (Å²) in [5.41, 5.74) is 8.98. The summed E-state index contributed by atoms with van der Waals surface area (Å²) in [7, 11) is 0. The van der Waals surface area contributed by atoms with Crippen LogP contribution in [0.15, 0.2) is 133 Å². The van der Waals surface area contributed by atoms with Gasteiger partial charge in [0.1, 0.15) is 11.5 Å². The van der Waals surface area contributed by atoms with Crippen LogP contribution in [0.4, 0.5) is 0 Å². The van der Waals surface area contributed by atoms with Gasteiger partial charge in [0, 0.05) is 16.5 Å². The maximum absolute atomic E-state index is 8.60. The van der Waals surface area contributed by atoms with Crippen molar-refractivity contribution in [2.75, 3.05) is 0 Å². The normalized spacial score (nSPS) is 13.2. The lowest BCUT2D eigenvalue weighted by Crippen LogP contribution is -2.24. The summed E-state index contributed by atoms with van der Waals surface area (Å²) >= 11 is 0. The number of fused-ring (bicyclic) bond motifs is 2. The molecule has 0 unspecified atom stereocenters. The van der Waals surface area contributed by atoms with Crippen LogP contribution < -0.4 is 4.74 Å². The quantitative estimate of drug-likeness (QED) is 0.216. The molecular formula is C37H30N2O. The summed E-state index contributed by atoms with van der Waals surface area (Å²) in [5.74, 6) is 1.81. The molecule has 0 aromatic heterocycles. The molecule has 0 bridgehead atoms. The van der Waals surface area contributed by atoms with E-state index in [0.717, 1.165) is 44.9 Å². The molecule has 0 atom stereocenters. The SMILES string of the molecule is CC1(C)c2ccccc2Oc2cc(-c3cccc(-c4cccc(C(=N)/C=C\C(=N)c5ccccc5)c4)c3)ccc21. The van der Waals surface area contributed by atoms with Gasteiger partial charge >= 0.3 is 0 Å². The summed E-state index contributed by atoms with van der Waals surface area (Å²) < 4.78 is 6.36. The molecule has 0 radical (unpaired) electrons. The van der Waals surface area contributed by atoms with Crippen LogP contribution >= 0.6 is 0 Å². The zero-order valence-corrected chi connectivity index (χ0v) is 22.6. The molecule has 5 aromatic carbocycles. The highest BCUT2D eigenvalue weighted by molar-refractivity contribution is 6.14. The Morgan fingerprint density at radius 1 is 0.525 bits per heavy atom. The predicted octanol–water partition coefficient (Wildman–Crippen LogP) is 9.44. The molecule has 0 saturated heterocycles. The highest BCUT2D eigenvalue weighted by atomic mass is 16.5. The van der Waals surface area contributed by atoms with E-state index in [4.69, 9.17) is 15.6 Å². The average molecular weight is 519 g/mol. The van der Waals surface area contributed by atoms with Gasteiger partial charge in [-0.2, -0.15) is 0 Å². The number of hydrogen-bond donors (Lipinski definition) is 2. The van der Waals surface area contributed by atoms with Gasteiger partial charge in [0.05, 0.1) is 11.4 Å². The van der Waals surface area contributed by atoms with Crippen molar-refractivity contribution in [2.24, 2.45) is 0 Å². The summed E-state index contributed by atoms with van der Waals surface area (Å²) in [4.78, 5) is 0. The van der Waals surface area contributed by atoms with E-state index in [2.05, 4.69) is 74.5 Å². The molecule has 6 rings (SSSR count). The minimum absolute atomic E-state index is 0.135. The van der Waals surface area contributed by atoms with Crippen LogP contribution in [0.5, 0.6) is 11.5 Å². The highest BCUT2D eigenvalue weighted by Crippen LogP contribution is 2.48. The second kappa shape index (κ2) is 10.3. The number of ether oxygens (including phenoxy) is 1. The minimum atomic E-state index is -0.135. The van der Waals surface area contributed by atoms with Gasteiger partial charge in [0.25, 0.3) is 0 Å². The third-order valence-corrected chi connectivity index (χ3v) is 7.64. The zero-order valence-electron chi connectivity index (χ0n) is 22.6. The standard InChI is InChI=1S/C37H30N2O/c1-37(2)31-16-6-7-17-35(31)40-36-24-29(18-19-32(36)37)27-13-8-12-26(22-27)28-14-9-15-30(23-28)34(39)21-20-33(38)25-10-4-3-5-11-25/h3-24,38-39H,1-2H3/b21-20-,38-33?,39-34?. The molecule has 3 heteroatoms. The number of para-hydroxylation sites is 1. The first-order valence-corrected chi connectivity index (χ1v) is 13.4. The molecule has 0 spiro atoms. The van der Waals surface area contributed by atoms with Gasteiger partial charge in [-0.15, -0.1) is 0 Å². The molecule has 3 nitrogen and oxygen atoms in total. The lowest BCUT2D eigenvalue weighted by Gasteiger charge is -2.34. The Morgan fingerprint density at radius 3 is 1.82 bits per heavy atom. The summed E-state index contributed by atoms with van der Waals surface area (Å²) in [6.07, 6.45) is 3.38. The Hall–Kier alpha value is -5.02. The van der Waals surface area contributed by atoms with E-state index in [-0.39, 0.29) is 5.41 Å². The van der Waals surface area contributed by atoms with Gasteiger partial charge in [-0.1, -0.05) is 111 Å². The second-order valence-corrected chi connectivity index (χ2v) is 10.6. The summed E-state index contributed by atoms with van der Waals surface area (Å²) in [6, 6.07) is 40.8. The third kappa shape index (κ3) is 4.78. The molecule has 1 aliphatic heterocycles. The second-order valence-electron chi connectivity index (χ2n) is 10.6. The lowest BCUT2D eigenvalue weighted by atomic mass is 9.75. The maximum Gasteiger partial charge on any atom is 0.132 e. The van der Waals surface area contributed by atoms with Crippen LogP contribution in [0.25, 0.3) is 22.3 Å². The largest absolute Gasteiger partial charge is 0.457 e. The molecule has 0 fully saturated rings. The van der Waals surface area contributed by atoms with E-state index in [1.54, 1.807) is 12.2 Å². The van der Waals surface area contributed by atoms with Crippen LogP contribution in [0, 0.1) is 10.8 Å². The minimum Gasteiger partial charge on any atom is -0.457 e. The molecule has 0 saturated carbocycles. The Morgan fingerprint density at radius 2 is 1.07 bits per heavy atom. The zero-order chi connectivity index (χ0) is 27.7. The summed E-state index contributed by atoms with van der Waals surface area (Å²) in [6.45, 7) is 4.50. The van der Waals surface area contributed by atoms with Crippen molar-refractivity contribution in [2.45, 2.75) is 19.3 Å². The first-order chi connectivity index (χ1) is 19.4. The Kier molecular flexibility index (Phi) is 6.49. The van der Waals surface area contributed by atoms with Crippen molar-refractivity contribution in [3.63, 3.8) is 0 Å². The number of nitrogens with one attached hydrogen (secondary N) is 2. The monoisotopic (exact) mass is 518 g/mol.